The fourth-order valence-corrected chi connectivity index (χ4v) is 14.1. The highest BCUT2D eigenvalue weighted by atomic mass is 35.5. The Kier molecular flexibility index (Phi) is 12.4. The van der Waals surface area contributed by atoms with Gasteiger partial charge in [-0.2, -0.15) is 5.26 Å². The number of benzene rings is 3. The van der Waals surface area contributed by atoms with Crippen LogP contribution in [0.1, 0.15) is 103 Å². The van der Waals surface area contributed by atoms with Crippen LogP contribution in [0, 0.1) is 28.6 Å². The monoisotopic (exact) mass is 768 g/mol. The van der Waals surface area contributed by atoms with Crippen molar-refractivity contribution >= 4 is 53.2 Å². The second-order valence-electron chi connectivity index (χ2n) is 15.7. The maximum absolute atomic E-state index is 16.1. The molecule has 5 aromatic rings. The van der Waals surface area contributed by atoms with Gasteiger partial charge in [-0.25, -0.2) is 14.4 Å². The Bertz CT molecular complexity index is 2200. The number of hydrogen-bond donors (Lipinski definition) is 0. The number of thioether (sulfide) groups is 1. The van der Waals surface area contributed by atoms with E-state index in [4.69, 9.17) is 26.1 Å². The molecule has 278 valence electrons. The predicted octanol–water partition coefficient (Wildman–Crippen LogP) is 12.0. The fourth-order valence-electron chi connectivity index (χ4n) is 7.67. The van der Waals surface area contributed by atoms with Gasteiger partial charge in [0.1, 0.15) is 47.0 Å². The third kappa shape index (κ3) is 8.01. The Morgan fingerprint density at radius 1 is 0.962 bits per heavy atom. The molecule has 53 heavy (non-hydrogen) atoms. The molecule has 0 bridgehead atoms. The first-order valence-corrected chi connectivity index (χ1v) is 21.7. The summed E-state index contributed by atoms with van der Waals surface area (Å²) in [5.74, 6) is 4.27. The zero-order chi connectivity index (χ0) is 38.8. The van der Waals surface area contributed by atoms with Crippen LogP contribution in [0.3, 0.4) is 0 Å². The number of aromatic nitrogens is 3. The van der Waals surface area contributed by atoms with Gasteiger partial charge in [-0.05, 0) is 69.2 Å². The first-order valence-electron chi connectivity index (χ1n) is 18.1. The van der Waals surface area contributed by atoms with Gasteiger partial charge in [0.2, 0.25) is 0 Å². The van der Waals surface area contributed by atoms with Gasteiger partial charge in [-0.3, -0.25) is 0 Å². The highest BCUT2D eigenvalue weighted by Gasteiger charge is 2.42. The molecule has 0 aliphatic rings. The molecule has 1 atom stereocenters. The Balaban J connectivity index is 1.69. The lowest BCUT2D eigenvalue weighted by atomic mass is 9.87. The van der Waals surface area contributed by atoms with Gasteiger partial charge in [0.25, 0.3) is 0 Å². The number of pyridine rings is 1. The van der Waals surface area contributed by atoms with Gasteiger partial charge in [0.05, 0.1) is 23.4 Å². The van der Waals surface area contributed by atoms with Gasteiger partial charge in [-0.1, -0.05) is 122 Å². The molecule has 0 spiro atoms. The van der Waals surface area contributed by atoms with Crippen LogP contribution in [0.5, 0.6) is 5.75 Å². The lowest BCUT2D eigenvalue weighted by Gasteiger charge is -2.38. The van der Waals surface area contributed by atoms with Crippen molar-refractivity contribution in [3.8, 4) is 23.3 Å². The first-order chi connectivity index (χ1) is 25.0. The van der Waals surface area contributed by atoms with E-state index in [1.165, 1.54) is 23.4 Å². The molecule has 0 N–H and O–H groups in total. The normalized spacial score (nSPS) is 12.8. The second-order valence-corrected chi connectivity index (χ2v) is 22.6. The molecule has 0 saturated carbocycles. The first kappa shape index (κ1) is 40.3. The van der Waals surface area contributed by atoms with Crippen LogP contribution < -0.4 is 4.74 Å². The number of fused-ring (bicyclic) bond motifs is 2. The molecule has 0 radical (unpaired) electrons. The van der Waals surface area contributed by atoms with Crippen molar-refractivity contribution in [2.24, 2.45) is 0 Å². The van der Waals surface area contributed by atoms with Crippen molar-refractivity contribution in [2.75, 3.05) is 13.9 Å². The summed E-state index contributed by atoms with van der Waals surface area (Å²) >= 11 is 8.26. The van der Waals surface area contributed by atoms with Crippen molar-refractivity contribution in [3.63, 3.8) is 0 Å². The molecule has 2 aromatic heterocycles. The van der Waals surface area contributed by atoms with E-state index in [1.807, 2.05) is 23.6 Å². The second kappa shape index (κ2) is 16.2. The summed E-state index contributed by atoms with van der Waals surface area (Å²) in [5.41, 5.74) is 9.87. The molecule has 0 fully saturated rings. The SMILES string of the molecule is COCOc1cc(C(C)n2cnc3c(SCc4ccc(C(C)(C)C)cc4)nc(Cl)c(C#N)c32)c2c(C#C[Si](C(C)C)(C(C)C)C(C)C)c(F)ccc2c1. The number of nitriles is 1. The molecular weight excluding hydrogens is 719 g/mol. The van der Waals surface area contributed by atoms with E-state index in [0.29, 0.717) is 55.1 Å². The summed E-state index contributed by atoms with van der Waals surface area (Å²) in [4.78, 5) is 9.45. The van der Waals surface area contributed by atoms with Crippen LogP contribution in [0.25, 0.3) is 21.8 Å². The number of methoxy groups -OCH3 is 1. The minimum atomic E-state index is -2.20. The van der Waals surface area contributed by atoms with Crippen LogP contribution >= 0.6 is 23.4 Å². The zero-order valence-electron chi connectivity index (χ0n) is 32.7. The molecule has 5 rings (SSSR count). The molecule has 2 heterocycles. The standard InChI is InChI=1S/C43H50ClFN4O2SSi/c1-26(2)53(27(3)4,28(5)6)19-18-34-37(45)17-14-31-20-33(51-25-50-11)21-35(38(31)34)29(7)49-24-47-39-40(49)36(22-46)41(44)48-42(39)52-23-30-12-15-32(16-13-30)43(8,9)10/h12-17,20-21,24,26-29H,23,25H2,1-11H3. The smallest absolute Gasteiger partial charge is 0.188 e. The van der Waals surface area contributed by atoms with Crippen LogP contribution in [-0.2, 0) is 15.9 Å². The van der Waals surface area contributed by atoms with E-state index >= 15 is 4.39 Å². The van der Waals surface area contributed by atoms with E-state index in [9.17, 15) is 5.26 Å². The summed E-state index contributed by atoms with van der Waals surface area (Å²) in [7, 11) is -0.630. The molecule has 0 aliphatic heterocycles. The molecule has 0 saturated heterocycles. The Hall–Kier alpha value is -3.86. The fraction of sp³-hybridized carbons (Fsp3) is 0.419. The Morgan fingerprint density at radius 3 is 2.21 bits per heavy atom. The van der Waals surface area contributed by atoms with Gasteiger partial charge >= 0.3 is 0 Å². The van der Waals surface area contributed by atoms with Gasteiger partial charge in [0.15, 0.2) is 6.79 Å². The van der Waals surface area contributed by atoms with Crippen molar-refractivity contribution in [1.29, 1.82) is 5.26 Å². The zero-order valence-corrected chi connectivity index (χ0v) is 35.3. The van der Waals surface area contributed by atoms with E-state index in [0.717, 1.165) is 16.5 Å². The summed E-state index contributed by atoms with van der Waals surface area (Å²) in [5, 5.41) is 12.6. The van der Waals surface area contributed by atoms with Crippen LogP contribution in [0.15, 0.2) is 59.9 Å². The van der Waals surface area contributed by atoms with Crippen LogP contribution in [0.4, 0.5) is 4.39 Å². The molecule has 3 aromatic carbocycles. The average Bonchev–Trinajstić information content (AvgIpc) is 3.54. The maximum atomic E-state index is 16.1. The third-order valence-corrected chi connectivity index (χ3v) is 18.1. The summed E-state index contributed by atoms with van der Waals surface area (Å²) in [6.45, 7) is 22.1. The van der Waals surface area contributed by atoms with Gasteiger partial charge < -0.3 is 14.0 Å². The number of imidazole rings is 1. The van der Waals surface area contributed by atoms with Crippen molar-refractivity contribution in [1.82, 2.24) is 14.5 Å². The third-order valence-electron chi connectivity index (χ3n) is 10.5. The van der Waals surface area contributed by atoms with E-state index in [1.54, 1.807) is 19.5 Å². The lowest BCUT2D eigenvalue weighted by molar-refractivity contribution is 0.0511. The van der Waals surface area contributed by atoms with E-state index in [2.05, 4.69) is 109 Å². The molecule has 10 heteroatoms. The van der Waals surface area contributed by atoms with Crippen molar-refractivity contribution in [3.05, 3.63) is 93.6 Å². The van der Waals surface area contributed by atoms with Gasteiger partial charge in [0, 0.05) is 18.2 Å². The largest absolute Gasteiger partial charge is 0.468 e. The number of nitrogens with zero attached hydrogens (tertiary/aromatic N) is 4. The summed E-state index contributed by atoms with van der Waals surface area (Å²) < 4.78 is 29.3. The molecule has 6 nitrogen and oxygen atoms in total. The van der Waals surface area contributed by atoms with Gasteiger partial charge in [-0.15, -0.1) is 5.54 Å². The molecule has 1 unspecified atom stereocenters. The minimum Gasteiger partial charge on any atom is -0.468 e. The van der Waals surface area contributed by atoms with E-state index in [-0.39, 0.29) is 28.7 Å². The molecule has 0 aliphatic carbocycles. The highest BCUT2D eigenvalue weighted by molar-refractivity contribution is 7.98. The predicted molar refractivity (Wildman–Crippen MR) is 220 cm³/mol. The van der Waals surface area contributed by atoms with Crippen molar-refractivity contribution < 1.29 is 13.9 Å². The molecule has 0 amide bonds. The average molecular weight is 770 g/mol. The topological polar surface area (TPSA) is 73.0 Å². The summed E-state index contributed by atoms with van der Waals surface area (Å²) in [6, 6.07) is 17.5. The Morgan fingerprint density at radius 2 is 1.62 bits per heavy atom. The molecular formula is C43H50ClFN4O2SSi. The highest BCUT2D eigenvalue weighted by Crippen LogP contribution is 2.42. The Labute approximate surface area is 324 Å². The van der Waals surface area contributed by atoms with E-state index < -0.39 is 14.1 Å². The number of halogens is 2. The minimum absolute atomic E-state index is 0.0475. The maximum Gasteiger partial charge on any atom is 0.188 e. The quantitative estimate of drug-likeness (QED) is 0.0438. The number of ether oxygens (including phenoxy) is 2. The summed E-state index contributed by atoms with van der Waals surface area (Å²) in [6.07, 6.45) is 1.71. The van der Waals surface area contributed by atoms with Crippen molar-refractivity contribution in [2.45, 2.75) is 108 Å². The van der Waals surface area contributed by atoms with Crippen LogP contribution in [0.2, 0.25) is 21.8 Å². The number of rotatable bonds is 11. The number of hydrogen-bond acceptors (Lipinski definition) is 6. The van der Waals surface area contributed by atoms with Crippen LogP contribution in [-0.4, -0.2) is 36.5 Å². The lowest BCUT2D eigenvalue weighted by Crippen LogP contribution is -2.43.